The fourth-order valence-corrected chi connectivity index (χ4v) is 3.01. The monoisotopic (exact) mass is 364 g/mol. The van der Waals surface area contributed by atoms with Crippen LogP contribution in [0.1, 0.15) is 18.6 Å². The highest BCUT2D eigenvalue weighted by Gasteiger charge is 2.31. The molecule has 1 aliphatic rings. The fraction of sp³-hybridized carbons (Fsp3) is 0.471. The fourth-order valence-electron chi connectivity index (χ4n) is 2.82. The lowest BCUT2D eigenvalue weighted by atomic mass is 10.1. The average molecular weight is 365 g/mol. The smallest absolute Gasteiger partial charge is 0.241 e. The van der Waals surface area contributed by atoms with Crippen LogP contribution in [-0.2, 0) is 22.5 Å². The number of methoxy groups -OCH3 is 1. The zero-order chi connectivity index (χ0) is 17.8. The highest BCUT2D eigenvalue weighted by atomic mass is 35.5. The number of carbonyl (C=O) groups is 1. The van der Waals surface area contributed by atoms with Gasteiger partial charge in [-0.15, -0.1) is 0 Å². The second-order valence-electron chi connectivity index (χ2n) is 6.09. The van der Waals surface area contributed by atoms with Crippen molar-refractivity contribution in [2.45, 2.75) is 25.9 Å². The van der Waals surface area contributed by atoms with Gasteiger partial charge in [-0.25, -0.2) is 0 Å². The molecule has 1 fully saturated rings. The third-order valence-electron chi connectivity index (χ3n) is 4.21. The Morgan fingerprint density at radius 2 is 2.28 bits per heavy atom. The van der Waals surface area contributed by atoms with Crippen LogP contribution in [-0.4, -0.2) is 53.8 Å². The van der Waals surface area contributed by atoms with Crippen LogP contribution in [0, 0.1) is 0 Å². The summed E-state index contributed by atoms with van der Waals surface area (Å²) in [5, 5.41) is 4.55. The Bertz CT molecular complexity index is 736. The number of carbonyl (C=O) groups excluding carboxylic acids is 1. The predicted molar refractivity (Wildman–Crippen MR) is 93.6 cm³/mol. The molecule has 1 saturated heterocycles. The number of benzene rings is 1. The van der Waals surface area contributed by atoms with E-state index in [1.165, 1.54) is 0 Å². The molecule has 0 saturated carbocycles. The van der Waals surface area contributed by atoms with Gasteiger partial charge >= 0.3 is 0 Å². The number of piperazine rings is 1. The van der Waals surface area contributed by atoms with Crippen LogP contribution < -0.4 is 4.90 Å². The molecule has 2 heterocycles. The van der Waals surface area contributed by atoms with Crippen LogP contribution in [0.5, 0.6) is 0 Å². The van der Waals surface area contributed by atoms with Gasteiger partial charge in [-0.3, -0.25) is 9.69 Å². The minimum absolute atomic E-state index is 0.0273. The maximum absolute atomic E-state index is 12.6. The van der Waals surface area contributed by atoms with Crippen molar-refractivity contribution in [2.75, 3.05) is 31.7 Å². The van der Waals surface area contributed by atoms with Gasteiger partial charge in [0.15, 0.2) is 5.82 Å². The van der Waals surface area contributed by atoms with Gasteiger partial charge in [0.2, 0.25) is 11.8 Å². The number of halogens is 1. The van der Waals surface area contributed by atoms with Crippen molar-refractivity contribution in [3.8, 4) is 0 Å². The molecule has 0 radical (unpaired) electrons. The maximum Gasteiger partial charge on any atom is 0.241 e. The summed E-state index contributed by atoms with van der Waals surface area (Å²) < 4.78 is 10.3. The lowest BCUT2D eigenvalue weighted by Crippen LogP contribution is -2.54. The zero-order valence-corrected chi connectivity index (χ0v) is 15.1. The van der Waals surface area contributed by atoms with Crippen LogP contribution in [0.2, 0.25) is 5.02 Å². The molecule has 1 aromatic heterocycles. The van der Waals surface area contributed by atoms with E-state index < -0.39 is 0 Å². The van der Waals surface area contributed by atoms with Gasteiger partial charge in [0.1, 0.15) is 0 Å². The SMILES string of the molecule is COCCc1noc(CN2CC(=O)N(c3cccc(Cl)c3)CC2C)n1. The van der Waals surface area contributed by atoms with E-state index in [1.54, 1.807) is 18.1 Å². The number of rotatable bonds is 6. The largest absolute Gasteiger partial charge is 0.384 e. The van der Waals surface area contributed by atoms with Crippen molar-refractivity contribution in [1.82, 2.24) is 15.0 Å². The lowest BCUT2D eigenvalue weighted by Gasteiger charge is -2.38. The molecule has 8 heteroatoms. The van der Waals surface area contributed by atoms with Crippen molar-refractivity contribution in [1.29, 1.82) is 0 Å². The summed E-state index contributed by atoms with van der Waals surface area (Å²) in [5.74, 6) is 1.16. The van der Waals surface area contributed by atoms with Gasteiger partial charge in [0.25, 0.3) is 0 Å². The summed E-state index contributed by atoms with van der Waals surface area (Å²) >= 11 is 6.04. The normalized spacial score (nSPS) is 18.8. The van der Waals surface area contributed by atoms with Gasteiger partial charge in [0.05, 0.1) is 19.7 Å². The van der Waals surface area contributed by atoms with E-state index in [4.69, 9.17) is 20.9 Å². The van der Waals surface area contributed by atoms with Crippen molar-refractivity contribution < 1.29 is 14.1 Å². The molecule has 25 heavy (non-hydrogen) atoms. The Morgan fingerprint density at radius 1 is 1.44 bits per heavy atom. The van der Waals surface area contributed by atoms with Crippen molar-refractivity contribution in [3.05, 3.63) is 41.0 Å². The molecule has 1 unspecified atom stereocenters. The molecule has 1 aromatic carbocycles. The molecule has 3 rings (SSSR count). The average Bonchev–Trinajstić information content (AvgIpc) is 3.03. The van der Waals surface area contributed by atoms with Crippen LogP contribution in [0.3, 0.4) is 0 Å². The first-order valence-corrected chi connectivity index (χ1v) is 8.55. The number of nitrogens with zero attached hydrogens (tertiary/aromatic N) is 4. The number of anilines is 1. The third kappa shape index (κ3) is 4.36. The molecule has 0 N–H and O–H groups in total. The quantitative estimate of drug-likeness (QED) is 0.782. The van der Waals surface area contributed by atoms with Gasteiger partial charge in [-0.2, -0.15) is 4.98 Å². The second-order valence-corrected chi connectivity index (χ2v) is 6.52. The molecule has 134 valence electrons. The Hall–Kier alpha value is -1.96. The number of ether oxygens (including phenoxy) is 1. The summed E-state index contributed by atoms with van der Waals surface area (Å²) in [6, 6.07) is 7.51. The highest BCUT2D eigenvalue weighted by molar-refractivity contribution is 6.30. The van der Waals surface area contributed by atoms with Crippen LogP contribution in [0.15, 0.2) is 28.8 Å². The number of hydrogen-bond donors (Lipinski definition) is 0. The molecule has 2 aromatic rings. The highest BCUT2D eigenvalue weighted by Crippen LogP contribution is 2.24. The molecule has 1 aliphatic heterocycles. The molecule has 0 aliphatic carbocycles. The number of aromatic nitrogens is 2. The van der Waals surface area contributed by atoms with Crippen LogP contribution in [0.4, 0.5) is 5.69 Å². The minimum atomic E-state index is 0.0273. The Kier molecular flexibility index (Phi) is 5.67. The van der Waals surface area contributed by atoms with Crippen LogP contribution in [0.25, 0.3) is 0 Å². The summed E-state index contributed by atoms with van der Waals surface area (Å²) in [6.07, 6.45) is 0.608. The molecule has 0 spiro atoms. The van der Waals surface area contributed by atoms with Gasteiger partial charge in [-0.05, 0) is 25.1 Å². The van der Waals surface area contributed by atoms with Gasteiger partial charge in [0, 0.05) is 36.8 Å². The van der Waals surface area contributed by atoms with E-state index in [1.807, 2.05) is 23.1 Å². The third-order valence-corrected chi connectivity index (χ3v) is 4.44. The van der Waals surface area contributed by atoms with E-state index >= 15 is 0 Å². The number of hydrogen-bond acceptors (Lipinski definition) is 6. The predicted octanol–water partition coefficient (Wildman–Crippen LogP) is 2.15. The number of amides is 1. The summed E-state index contributed by atoms with van der Waals surface area (Å²) in [4.78, 5) is 20.7. The molecular formula is C17H21ClN4O3. The zero-order valence-electron chi connectivity index (χ0n) is 14.3. The molecule has 0 bridgehead atoms. The van der Waals surface area contributed by atoms with Crippen LogP contribution >= 0.6 is 11.6 Å². The standard InChI is InChI=1S/C17H21ClN4O3/c1-12-9-22(14-5-3-4-13(18)8-14)17(23)11-21(12)10-16-19-15(20-25-16)6-7-24-2/h3-5,8,12H,6-7,9-11H2,1-2H3. The first kappa shape index (κ1) is 17.8. The summed E-state index contributed by atoms with van der Waals surface area (Å²) in [6.45, 7) is 3.96. The minimum Gasteiger partial charge on any atom is -0.384 e. The van der Waals surface area contributed by atoms with Gasteiger partial charge < -0.3 is 14.2 Å². The molecule has 1 atom stereocenters. The maximum atomic E-state index is 12.6. The first-order chi connectivity index (χ1) is 12.1. The topological polar surface area (TPSA) is 71.7 Å². The van der Waals surface area contributed by atoms with E-state index in [0.717, 1.165) is 5.69 Å². The van der Waals surface area contributed by atoms with Gasteiger partial charge in [-0.1, -0.05) is 22.8 Å². The van der Waals surface area contributed by atoms with Crippen molar-refractivity contribution in [2.24, 2.45) is 0 Å². The van der Waals surface area contributed by atoms with Crippen molar-refractivity contribution in [3.63, 3.8) is 0 Å². The Morgan fingerprint density at radius 3 is 3.04 bits per heavy atom. The van der Waals surface area contributed by atoms with E-state index in [2.05, 4.69) is 17.1 Å². The summed E-state index contributed by atoms with van der Waals surface area (Å²) in [5.41, 5.74) is 0.823. The van der Waals surface area contributed by atoms with E-state index in [0.29, 0.717) is 49.4 Å². The Balaban J connectivity index is 1.64. The molecule has 1 amide bonds. The lowest BCUT2D eigenvalue weighted by molar-refractivity contribution is -0.122. The van der Waals surface area contributed by atoms with Crippen molar-refractivity contribution >= 4 is 23.2 Å². The Labute approximate surface area is 151 Å². The molecular weight excluding hydrogens is 344 g/mol. The van der Waals surface area contributed by atoms with E-state index in [-0.39, 0.29) is 11.9 Å². The van der Waals surface area contributed by atoms with E-state index in [9.17, 15) is 4.79 Å². The second kappa shape index (κ2) is 7.95. The molecule has 7 nitrogen and oxygen atoms in total. The first-order valence-electron chi connectivity index (χ1n) is 8.17. The summed E-state index contributed by atoms with van der Waals surface area (Å²) in [7, 11) is 1.63.